The summed E-state index contributed by atoms with van der Waals surface area (Å²) in [6.45, 7) is 0. The number of hydrazone groups is 1. The van der Waals surface area contributed by atoms with Crippen LogP contribution in [0.5, 0.6) is 0 Å². The predicted octanol–water partition coefficient (Wildman–Crippen LogP) is -0.867. The lowest BCUT2D eigenvalue weighted by Gasteiger charge is -2.22. The molecule has 106 valence electrons. The number of imide groups is 1. The number of furan rings is 1. The van der Waals surface area contributed by atoms with Crippen LogP contribution in [-0.2, 0) is 9.59 Å². The fourth-order valence-electron chi connectivity index (χ4n) is 1.25. The van der Waals surface area contributed by atoms with E-state index in [-0.39, 0.29) is 11.7 Å². The van der Waals surface area contributed by atoms with E-state index in [1.54, 1.807) is 12.1 Å². The Morgan fingerprint density at radius 3 is 3.10 bits per heavy atom. The van der Waals surface area contributed by atoms with Crippen LogP contribution in [0.25, 0.3) is 0 Å². The van der Waals surface area contributed by atoms with Crippen molar-refractivity contribution in [3.8, 4) is 0 Å². The maximum Gasteiger partial charge on any atom is 0.335 e. The molecule has 1 aliphatic heterocycles. The van der Waals surface area contributed by atoms with Crippen LogP contribution in [0, 0.1) is 0 Å². The number of nitrogens with one attached hydrogen (secondary N) is 4. The van der Waals surface area contributed by atoms with Crippen LogP contribution in [0.1, 0.15) is 5.76 Å². The van der Waals surface area contributed by atoms with Crippen LogP contribution in [-0.4, -0.2) is 35.2 Å². The fourth-order valence-corrected chi connectivity index (χ4v) is 1.98. The van der Waals surface area contributed by atoms with Crippen molar-refractivity contribution in [1.29, 1.82) is 0 Å². The number of nitrogens with zero attached hydrogens (tertiary/aromatic N) is 1. The quantitative estimate of drug-likeness (QED) is 0.414. The molecule has 10 heteroatoms. The average molecular weight is 297 g/mol. The summed E-state index contributed by atoms with van der Waals surface area (Å²) in [4.78, 5) is 33.6. The van der Waals surface area contributed by atoms with E-state index in [0.29, 0.717) is 5.76 Å². The van der Waals surface area contributed by atoms with E-state index in [9.17, 15) is 14.4 Å². The van der Waals surface area contributed by atoms with Gasteiger partial charge in [-0.3, -0.25) is 20.3 Å². The Morgan fingerprint density at radius 2 is 2.40 bits per heavy atom. The van der Waals surface area contributed by atoms with Crippen molar-refractivity contribution >= 4 is 35.8 Å². The van der Waals surface area contributed by atoms with Crippen molar-refractivity contribution in [2.75, 3.05) is 5.75 Å². The van der Waals surface area contributed by atoms with Gasteiger partial charge in [0.15, 0.2) is 5.37 Å². The minimum Gasteiger partial charge on any atom is -0.463 e. The van der Waals surface area contributed by atoms with Gasteiger partial charge in [0.2, 0.25) is 5.91 Å². The van der Waals surface area contributed by atoms with Crippen LogP contribution in [0.3, 0.4) is 0 Å². The summed E-state index contributed by atoms with van der Waals surface area (Å²) in [6, 6.07) is 2.75. The van der Waals surface area contributed by atoms with Gasteiger partial charge in [-0.2, -0.15) is 5.10 Å². The van der Waals surface area contributed by atoms with Gasteiger partial charge < -0.3 is 4.42 Å². The van der Waals surface area contributed by atoms with Crippen molar-refractivity contribution in [2.45, 2.75) is 5.37 Å². The average Bonchev–Trinajstić information content (AvgIpc) is 2.91. The highest BCUT2D eigenvalue weighted by Gasteiger charge is 2.26. The van der Waals surface area contributed by atoms with E-state index >= 15 is 0 Å². The minimum absolute atomic E-state index is 0.00352. The first-order valence-electron chi connectivity index (χ1n) is 5.48. The predicted molar refractivity (Wildman–Crippen MR) is 70.5 cm³/mol. The molecule has 1 saturated heterocycles. The zero-order chi connectivity index (χ0) is 14.4. The third-order valence-electron chi connectivity index (χ3n) is 2.10. The van der Waals surface area contributed by atoms with Gasteiger partial charge in [0.25, 0.3) is 5.91 Å². The van der Waals surface area contributed by atoms with Gasteiger partial charge in [0.05, 0.1) is 18.2 Å². The molecule has 4 N–H and O–H groups in total. The van der Waals surface area contributed by atoms with Crippen molar-refractivity contribution in [3.05, 3.63) is 24.2 Å². The third kappa shape index (κ3) is 4.10. The van der Waals surface area contributed by atoms with Crippen LogP contribution >= 0.6 is 11.8 Å². The van der Waals surface area contributed by atoms with Crippen molar-refractivity contribution < 1.29 is 18.8 Å². The molecule has 1 aromatic heterocycles. The molecule has 0 radical (unpaired) electrons. The molecular formula is C10H11N5O4S. The SMILES string of the molecule is O=C(CSC1NNC(=O)NC1=O)N/N=C/c1ccco1. The highest BCUT2D eigenvalue weighted by molar-refractivity contribution is 8.01. The maximum absolute atomic E-state index is 11.5. The number of hydrogen-bond acceptors (Lipinski definition) is 7. The van der Waals surface area contributed by atoms with E-state index < -0.39 is 17.3 Å². The van der Waals surface area contributed by atoms with E-state index in [4.69, 9.17) is 4.42 Å². The lowest BCUT2D eigenvalue weighted by atomic mass is 10.5. The molecule has 1 aliphatic rings. The van der Waals surface area contributed by atoms with Crippen molar-refractivity contribution in [1.82, 2.24) is 21.6 Å². The van der Waals surface area contributed by atoms with Crippen LogP contribution in [0.2, 0.25) is 0 Å². The zero-order valence-electron chi connectivity index (χ0n) is 10.1. The van der Waals surface area contributed by atoms with Gasteiger partial charge in [-0.05, 0) is 12.1 Å². The number of carbonyl (C=O) groups is 3. The van der Waals surface area contributed by atoms with Gasteiger partial charge in [0.1, 0.15) is 5.76 Å². The number of carbonyl (C=O) groups excluding carboxylic acids is 3. The molecule has 0 aromatic carbocycles. The Morgan fingerprint density at radius 1 is 1.55 bits per heavy atom. The first-order valence-corrected chi connectivity index (χ1v) is 6.53. The summed E-state index contributed by atoms with van der Waals surface area (Å²) in [5.74, 6) is -0.389. The molecule has 1 aromatic rings. The first kappa shape index (κ1) is 14.1. The number of rotatable bonds is 5. The molecule has 0 aliphatic carbocycles. The van der Waals surface area contributed by atoms with Crippen molar-refractivity contribution in [3.63, 3.8) is 0 Å². The number of hydrogen-bond donors (Lipinski definition) is 4. The number of hydrazine groups is 1. The van der Waals surface area contributed by atoms with E-state index in [0.717, 1.165) is 11.8 Å². The van der Waals surface area contributed by atoms with Crippen LogP contribution < -0.4 is 21.6 Å². The van der Waals surface area contributed by atoms with E-state index in [2.05, 4.69) is 26.7 Å². The summed E-state index contributed by atoms with van der Waals surface area (Å²) in [5, 5.41) is 5.03. The molecule has 2 heterocycles. The van der Waals surface area contributed by atoms with Gasteiger partial charge >= 0.3 is 6.03 Å². The lowest BCUT2D eigenvalue weighted by Crippen LogP contribution is -2.61. The van der Waals surface area contributed by atoms with Gasteiger partial charge in [-0.1, -0.05) is 0 Å². The summed E-state index contributed by atoms with van der Waals surface area (Å²) in [6.07, 6.45) is 2.84. The minimum atomic E-state index is -0.729. The van der Waals surface area contributed by atoms with Gasteiger partial charge in [0, 0.05) is 0 Å². The van der Waals surface area contributed by atoms with E-state index in [1.807, 2.05) is 0 Å². The molecule has 1 atom stereocenters. The highest BCUT2D eigenvalue weighted by Crippen LogP contribution is 2.08. The molecule has 20 heavy (non-hydrogen) atoms. The molecule has 0 saturated carbocycles. The first-order chi connectivity index (χ1) is 9.65. The Hall–Kier alpha value is -2.33. The Balaban J connectivity index is 1.70. The molecule has 0 spiro atoms. The number of thioether (sulfide) groups is 1. The standard InChI is InChI=1S/C10H11N5O4S/c16-7(13-11-4-6-2-1-3-19-6)5-20-9-8(17)12-10(18)15-14-9/h1-4,9,14H,5H2,(H,13,16)(H2,12,15,17,18)/b11-4+. The number of urea groups is 1. The second-order valence-electron chi connectivity index (χ2n) is 3.59. The summed E-state index contributed by atoms with van der Waals surface area (Å²) in [7, 11) is 0. The monoisotopic (exact) mass is 297 g/mol. The Kier molecular flexibility index (Phi) is 4.74. The molecule has 0 bridgehead atoms. The van der Waals surface area contributed by atoms with Crippen molar-refractivity contribution in [2.24, 2.45) is 5.10 Å². The maximum atomic E-state index is 11.5. The van der Waals surface area contributed by atoms with Gasteiger partial charge in [-0.25, -0.2) is 15.6 Å². The van der Waals surface area contributed by atoms with Crippen LogP contribution in [0.15, 0.2) is 27.9 Å². The Labute approximate surface area is 117 Å². The molecule has 4 amide bonds. The molecule has 1 fully saturated rings. The summed E-state index contributed by atoms with van der Waals surface area (Å²) >= 11 is 1.02. The molecule has 2 rings (SSSR count). The number of amides is 4. The Bertz CT molecular complexity index is 530. The highest BCUT2D eigenvalue weighted by atomic mass is 32.2. The third-order valence-corrected chi connectivity index (χ3v) is 3.19. The van der Waals surface area contributed by atoms with Crippen LogP contribution in [0.4, 0.5) is 4.79 Å². The molecule has 1 unspecified atom stereocenters. The second kappa shape index (κ2) is 6.73. The van der Waals surface area contributed by atoms with E-state index in [1.165, 1.54) is 12.5 Å². The normalized spacial score (nSPS) is 18.7. The summed E-state index contributed by atoms with van der Waals surface area (Å²) in [5.41, 5.74) is 6.99. The lowest BCUT2D eigenvalue weighted by molar-refractivity contribution is -0.121. The smallest absolute Gasteiger partial charge is 0.335 e. The second-order valence-corrected chi connectivity index (χ2v) is 4.68. The zero-order valence-corrected chi connectivity index (χ0v) is 10.9. The molecular weight excluding hydrogens is 286 g/mol. The molecule has 9 nitrogen and oxygen atoms in total. The van der Waals surface area contributed by atoms with Gasteiger partial charge in [-0.15, -0.1) is 11.8 Å². The topological polar surface area (TPSA) is 125 Å². The summed E-state index contributed by atoms with van der Waals surface area (Å²) < 4.78 is 4.99. The fraction of sp³-hybridized carbons (Fsp3) is 0.200. The largest absolute Gasteiger partial charge is 0.463 e.